The number of pyridine rings is 1. The van der Waals surface area contributed by atoms with Gasteiger partial charge in [-0.3, -0.25) is 19.1 Å². The second-order valence-corrected chi connectivity index (χ2v) is 6.66. The molecule has 0 radical (unpaired) electrons. The Morgan fingerprint density at radius 3 is 2.35 bits per heavy atom. The summed E-state index contributed by atoms with van der Waals surface area (Å²) in [6.45, 7) is 7.09. The summed E-state index contributed by atoms with van der Waals surface area (Å²) >= 11 is 5.11. The van der Waals surface area contributed by atoms with Crippen LogP contribution in [0.5, 0.6) is 0 Å². The molecule has 1 aromatic heterocycles. The molecule has 112 valence electrons. The lowest BCUT2D eigenvalue weighted by atomic mass is 10.4. The summed E-state index contributed by atoms with van der Waals surface area (Å²) in [6, 6.07) is 3.55. The van der Waals surface area contributed by atoms with E-state index in [0.717, 1.165) is 0 Å². The van der Waals surface area contributed by atoms with Crippen LogP contribution in [0.3, 0.4) is 0 Å². The fourth-order valence-electron chi connectivity index (χ4n) is 1.35. The summed E-state index contributed by atoms with van der Waals surface area (Å²) < 4.78 is 23.2. The molecule has 0 aliphatic heterocycles. The Kier molecular flexibility index (Phi) is 6.55. The van der Waals surface area contributed by atoms with Crippen LogP contribution in [0.15, 0.2) is 24.5 Å². The average Bonchev–Trinajstić information content (AvgIpc) is 2.26. The average molecular weight is 317 g/mol. The van der Waals surface area contributed by atoms with Gasteiger partial charge in [0.2, 0.25) is 0 Å². The van der Waals surface area contributed by atoms with Crippen LogP contribution in [-0.4, -0.2) is 22.3 Å². The maximum atomic E-state index is 12.5. The number of aromatic nitrogens is 1. The fraction of sp³-hybridized carbons (Fsp3) is 0.500. The first-order valence-corrected chi connectivity index (χ1v) is 8.22. The van der Waals surface area contributed by atoms with Crippen molar-refractivity contribution in [1.29, 1.82) is 0 Å². The molecule has 0 amide bonds. The van der Waals surface area contributed by atoms with E-state index < -0.39 is 7.75 Å². The molecule has 20 heavy (non-hydrogen) atoms. The second-order valence-electron chi connectivity index (χ2n) is 4.61. The van der Waals surface area contributed by atoms with E-state index in [0.29, 0.717) is 5.69 Å². The largest absolute Gasteiger partial charge is 0.434 e. The van der Waals surface area contributed by atoms with Crippen LogP contribution in [0.4, 0.5) is 5.69 Å². The van der Waals surface area contributed by atoms with Gasteiger partial charge in [-0.25, -0.2) is 4.57 Å². The van der Waals surface area contributed by atoms with Crippen molar-refractivity contribution in [2.75, 3.05) is 5.32 Å². The molecule has 0 aliphatic rings. The van der Waals surface area contributed by atoms with E-state index in [9.17, 15) is 4.57 Å². The molecular weight excluding hydrogens is 297 g/mol. The highest BCUT2D eigenvalue weighted by molar-refractivity contribution is 7.81. The van der Waals surface area contributed by atoms with Crippen LogP contribution in [0, 0.1) is 0 Å². The van der Waals surface area contributed by atoms with Gasteiger partial charge in [-0.2, -0.15) is 0 Å². The zero-order valence-electron chi connectivity index (χ0n) is 12.0. The van der Waals surface area contributed by atoms with Crippen molar-refractivity contribution < 1.29 is 13.6 Å². The lowest BCUT2D eigenvalue weighted by Gasteiger charge is -2.24. The molecule has 1 rings (SSSR count). The smallest absolute Gasteiger partial charge is 0.331 e. The first-order valence-electron chi connectivity index (χ1n) is 6.27. The van der Waals surface area contributed by atoms with Crippen molar-refractivity contribution in [3.63, 3.8) is 0 Å². The zero-order chi connectivity index (χ0) is 15.2. The van der Waals surface area contributed by atoms with Gasteiger partial charge >= 0.3 is 7.75 Å². The summed E-state index contributed by atoms with van der Waals surface area (Å²) in [7, 11) is -3.50. The van der Waals surface area contributed by atoms with Crippen molar-refractivity contribution in [3.05, 3.63) is 24.5 Å². The number of rotatable bonds is 6. The second kappa shape index (κ2) is 7.69. The van der Waals surface area contributed by atoms with Gasteiger partial charge in [-0.05, 0) is 52.0 Å². The number of nitrogens with one attached hydrogen (secondary N) is 2. The minimum absolute atomic E-state index is 0.155. The first kappa shape index (κ1) is 17.0. The summed E-state index contributed by atoms with van der Waals surface area (Å²) in [4.78, 5) is 3.95. The molecule has 0 aromatic carbocycles. The standard InChI is InChI=1S/C12H20N3O3PS/c1-9(2)17-19(16,18-10(3)4)15-12(20)14-11-6-5-7-13-8-11/h5-10H,1-4H3,(H2,14,15,16,20). The Bertz CT molecular complexity index is 468. The van der Waals surface area contributed by atoms with E-state index in [2.05, 4.69) is 15.4 Å². The highest BCUT2D eigenvalue weighted by Gasteiger charge is 2.29. The molecule has 0 atom stereocenters. The minimum Gasteiger partial charge on any atom is -0.331 e. The number of hydrogen-bond donors (Lipinski definition) is 2. The van der Waals surface area contributed by atoms with Gasteiger partial charge in [0, 0.05) is 6.20 Å². The van der Waals surface area contributed by atoms with Gasteiger partial charge in [0.15, 0.2) is 5.11 Å². The van der Waals surface area contributed by atoms with E-state index in [1.165, 1.54) is 0 Å². The van der Waals surface area contributed by atoms with Crippen LogP contribution in [0.1, 0.15) is 27.7 Å². The molecule has 6 nitrogen and oxygen atoms in total. The number of anilines is 1. The molecule has 0 aliphatic carbocycles. The highest BCUT2D eigenvalue weighted by Crippen LogP contribution is 2.46. The van der Waals surface area contributed by atoms with Crippen LogP contribution in [-0.2, 0) is 13.6 Å². The van der Waals surface area contributed by atoms with Gasteiger partial charge in [-0.15, -0.1) is 0 Å². The van der Waals surface area contributed by atoms with E-state index >= 15 is 0 Å². The molecule has 1 heterocycles. The monoisotopic (exact) mass is 317 g/mol. The molecule has 1 aromatic rings. The maximum Gasteiger partial charge on any atom is 0.434 e. The number of thiocarbonyl (C=S) groups is 1. The quantitative estimate of drug-likeness (QED) is 0.616. The van der Waals surface area contributed by atoms with Crippen LogP contribution < -0.4 is 10.4 Å². The van der Waals surface area contributed by atoms with Crippen molar-refractivity contribution in [3.8, 4) is 0 Å². The lowest BCUT2D eigenvalue weighted by Crippen LogP contribution is -2.29. The summed E-state index contributed by atoms with van der Waals surface area (Å²) in [5, 5.41) is 5.63. The molecule has 0 bridgehead atoms. The van der Waals surface area contributed by atoms with Crippen molar-refractivity contribution in [2.45, 2.75) is 39.9 Å². The molecule has 0 saturated heterocycles. The molecule has 2 N–H and O–H groups in total. The molecule has 8 heteroatoms. The van der Waals surface area contributed by atoms with Crippen molar-refractivity contribution in [1.82, 2.24) is 10.1 Å². The molecule has 0 unspecified atom stereocenters. The third kappa shape index (κ3) is 6.43. The third-order valence-electron chi connectivity index (χ3n) is 1.86. The molecule has 0 saturated carbocycles. The van der Waals surface area contributed by atoms with Crippen molar-refractivity contribution >= 4 is 30.8 Å². The van der Waals surface area contributed by atoms with E-state index in [4.69, 9.17) is 21.3 Å². The minimum atomic E-state index is -3.50. The van der Waals surface area contributed by atoms with Gasteiger partial charge in [0.25, 0.3) is 0 Å². The number of nitrogens with zero attached hydrogens (tertiary/aromatic N) is 1. The third-order valence-corrected chi connectivity index (χ3v) is 4.11. The Balaban J connectivity index is 2.69. The highest BCUT2D eigenvalue weighted by atomic mass is 32.1. The van der Waals surface area contributed by atoms with Gasteiger partial charge < -0.3 is 5.32 Å². The summed E-state index contributed by atoms with van der Waals surface area (Å²) in [5.41, 5.74) is 0.686. The first-order chi connectivity index (χ1) is 9.31. The molecule has 0 spiro atoms. The van der Waals surface area contributed by atoms with E-state index in [1.54, 1.807) is 52.2 Å². The lowest BCUT2D eigenvalue weighted by molar-refractivity contribution is 0.139. The maximum absolute atomic E-state index is 12.5. The predicted octanol–water partition coefficient (Wildman–Crippen LogP) is 3.33. The van der Waals surface area contributed by atoms with Gasteiger partial charge in [0.05, 0.1) is 24.1 Å². The van der Waals surface area contributed by atoms with Crippen molar-refractivity contribution in [2.24, 2.45) is 0 Å². The van der Waals surface area contributed by atoms with Gasteiger partial charge in [-0.1, -0.05) is 0 Å². The molecular formula is C12H20N3O3PS. The number of hydrogen-bond acceptors (Lipinski definition) is 5. The van der Waals surface area contributed by atoms with Crippen LogP contribution in [0.2, 0.25) is 0 Å². The SMILES string of the molecule is CC(C)OP(=O)(NC(=S)Nc1cccnc1)OC(C)C. The van der Waals surface area contributed by atoms with Gasteiger partial charge in [0.1, 0.15) is 0 Å². The Hall–Kier alpha value is -1.01. The topological polar surface area (TPSA) is 72.5 Å². The zero-order valence-corrected chi connectivity index (χ0v) is 13.7. The summed E-state index contributed by atoms with van der Waals surface area (Å²) in [5.74, 6) is 0. The summed E-state index contributed by atoms with van der Waals surface area (Å²) in [6.07, 6.45) is 2.74. The Morgan fingerprint density at radius 2 is 1.90 bits per heavy atom. The van der Waals surface area contributed by atoms with Crippen LogP contribution in [0.25, 0.3) is 0 Å². The Labute approximate surface area is 124 Å². The normalized spacial score (nSPS) is 11.7. The fourth-order valence-corrected chi connectivity index (χ4v) is 3.38. The Morgan fingerprint density at radius 1 is 1.30 bits per heavy atom. The van der Waals surface area contributed by atoms with E-state index in [-0.39, 0.29) is 17.3 Å². The van der Waals surface area contributed by atoms with E-state index in [1.807, 2.05) is 0 Å². The van der Waals surface area contributed by atoms with Crippen LogP contribution >= 0.6 is 20.0 Å². The molecule has 0 fully saturated rings. The predicted molar refractivity (Wildman–Crippen MR) is 83.6 cm³/mol.